The van der Waals surface area contributed by atoms with Gasteiger partial charge in [-0.05, 0) is 44.9 Å². The first-order valence-corrected chi connectivity index (χ1v) is 7.65. The smallest absolute Gasteiger partial charge is 0.328 e. The van der Waals surface area contributed by atoms with E-state index >= 15 is 0 Å². The summed E-state index contributed by atoms with van der Waals surface area (Å²) in [7, 11) is 2.13. The molecule has 0 unspecified atom stereocenters. The second-order valence-electron chi connectivity index (χ2n) is 5.98. The zero-order chi connectivity index (χ0) is 14.8. The van der Waals surface area contributed by atoms with Crippen LogP contribution in [-0.4, -0.2) is 44.8 Å². The van der Waals surface area contributed by atoms with E-state index in [0.29, 0.717) is 24.3 Å². The molecular weight excluding hydrogens is 266 g/mol. The van der Waals surface area contributed by atoms with Crippen molar-refractivity contribution in [3.05, 3.63) is 34.9 Å². The summed E-state index contributed by atoms with van der Waals surface area (Å²) >= 11 is 0. The van der Waals surface area contributed by atoms with Gasteiger partial charge in [-0.3, -0.25) is 4.40 Å². The Hall–Kier alpha value is -1.66. The van der Waals surface area contributed by atoms with Gasteiger partial charge in [0.15, 0.2) is 5.65 Å². The molecule has 2 N–H and O–H groups in total. The molecule has 0 atom stereocenters. The summed E-state index contributed by atoms with van der Waals surface area (Å²) in [6.07, 6.45) is 6.26. The number of fused-ring (bicyclic) bond motifs is 1. The summed E-state index contributed by atoms with van der Waals surface area (Å²) in [5.74, 6) is 0. The molecule has 2 heterocycles. The van der Waals surface area contributed by atoms with Gasteiger partial charge in [-0.1, -0.05) is 6.07 Å². The van der Waals surface area contributed by atoms with E-state index in [1.165, 1.54) is 0 Å². The van der Waals surface area contributed by atoms with Crippen LogP contribution in [0.5, 0.6) is 0 Å². The molecule has 0 aromatic carbocycles. The second-order valence-corrected chi connectivity index (χ2v) is 5.98. The molecule has 1 aliphatic carbocycles. The number of nitrogens with zero attached hydrogens (tertiary/aromatic N) is 4. The van der Waals surface area contributed by atoms with Crippen molar-refractivity contribution >= 4 is 5.65 Å². The maximum atomic E-state index is 12.2. The second kappa shape index (κ2) is 5.99. The number of nitrogens with two attached hydrogens (primary N) is 1. The molecule has 21 heavy (non-hydrogen) atoms. The van der Waals surface area contributed by atoms with Crippen molar-refractivity contribution in [3.63, 3.8) is 0 Å². The van der Waals surface area contributed by atoms with Gasteiger partial charge in [-0.2, -0.15) is 0 Å². The third-order valence-electron chi connectivity index (χ3n) is 4.52. The predicted molar refractivity (Wildman–Crippen MR) is 82.3 cm³/mol. The summed E-state index contributed by atoms with van der Waals surface area (Å²) in [5, 5.41) is 4.36. The van der Waals surface area contributed by atoms with E-state index in [2.05, 4.69) is 17.0 Å². The van der Waals surface area contributed by atoms with Crippen LogP contribution in [0.4, 0.5) is 0 Å². The Morgan fingerprint density at radius 2 is 2.10 bits per heavy atom. The van der Waals surface area contributed by atoms with Crippen LogP contribution in [0.15, 0.2) is 29.2 Å². The highest BCUT2D eigenvalue weighted by atomic mass is 16.2. The Kier molecular flexibility index (Phi) is 4.07. The van der Waals surface area contributed by atoms with Crippen LogP contribution in [0.25, 0.3) is 5.65 Å². The highest BCUT2D eigenvalue weighted by Gasteiger charge is 2.21. The topological polar surface area (TPSA) is 68.6 Å². The van der Waals surface area contributed by atoms with Gasteiger partial charge in [0, 0.05) is 24.8 Å². The zero-order valence-corrected chi connectivity index (χ0v) is 12.5. The van der Waals surface area contributed by atoms with Crippen molar-refractivity contribution in [2.24, 2.45) is 5.73 Å². The highest BCUT2D eigenvalue weighted by molar-refractivity contribution is 5.35. The fourth-order valence-corrected chi connectivity index (χ4v) is 3.09. The van der Waals surface area contributed by atoms with Gasteiger partial charge < -0.3 is 10.6 Å². The third kappa shape index (κ3) is 3.01. The number of hydrogen-bond donors (Lipinski definition) is 1. The minimum Gasteiger partial charge on any atom is -0.328 e. The van der Waals surface area contributed by atoms with Gasteiger partial charge in [0.25, 0.3) is 0 Å². The Labute approximate surface area is 124 Å². The molecule has 0 aliphatic heterocycles. The van der Waals surface area contributed by atoms with Gasteiger partial charge in [0.05, 0.1) is 6.54 Å². The van der Waals surface area contributed by atoms with E-state index < -0.39 is 0 Å². The lowest BCUT2D eigenvalue weighted by Gasteiger charge is -2.33. The van der Waals surface area contributed by atoms with Crippen molar-refractivity contribution in [2.75, 3.05) is 13.6 Å². The van der Waals surface area contributed by atoms with E-state index in [-0.39, 0.29) is 5.69 Å². The average Bonchev–Trinajstić information content (AvgIpc) is 2.82. The van der Waals surface area contributed by atoms with E-state index in [1.54, 1.807) is 15.3 Å². The molecule has 1 fully saturated rings. The standard InChI is InChI=1S/C15H23N5O/c1-18(13-7-5-12(16)6-8-13)10-11-20-15(21)19-9-3-2-4-14(19)17-20/h2-4,9,12-13H,5-8,10-11,16H2,1H3. The molecule has 3 rings (SSSR count). The molecule has 114 valence electrons. The summed E-state index contributed by atoms with van der Waals surface area (Å²) in [6, 6.07) is 6.54. The van der Waals surface area contributed by atoms with Crippen molar-refractivity contribution < 1.29 is 0 Å². The van der Waals surface area contributed by atoms with Crippen molar-refractivity contribution in [2.45, 2.75) is 44.3 Å². The third-order valence-corrected chi connectivity index (χ3v) is 4.52. The van der Waals surface area contributed by atoms with E-state index in [0.717, 1.165) is 32.2 Å². The molecule has 0 bridgehead atoms. The first-order chi connectivity index (χ1) is 10.1. The SMILES string of the molecule is CN(CCn1nc2ccccn2c1=O)C1CCC(N)CC1. The number of pyridine rings is 1. The minimum atomic E-state index is -0.0651. The monoisotopic (exact) mass is 289 g/mol. The molecule has 6 nitrogen and oxygen atoms in total. The Morgan fingerprint density at radius 1 is 1.33 bits per heavy atom. The van der Waals surface area contributed by atoms with Crippen molar-refractivity contribution in [1.82, 2.24) is 19.1 Å². The van der Waals surface area contributed by atoms with Crippen molar-refractivity contribution in [1.29, 1.82) is 0 Å². The largest absolute Gasteiger partial charge is 0.350 e. The van der Waals surface area contributed by atoms with Crippen molar-refractivity contribution in [3.8, 4) is 0 Å². The molecule has 1 saturated carbocycles. The summed E-state index contributed by atoms with van der Waals surface area (Å²) in [4.78, 5) is 14.5. The lowest BCUT2D eigenvalue weighted by molar-refractivity contribution is 0.175. The number of hydrogen-bond acceptors (Lipinski definition) is 4. The number of rotatable bonds is 4. The van der Waals surface area contributed by atoms with E-state index in [1.807, 2.05) is 18.2 Å². The Balaban J connectivity index is 1.63. The van der Waals surface area contributed by atoms with Crippen LogP contribution >= 0.6 is 0 Å². The molecule has 0 radical (unpaired) electrons. The number of aromatic nitrogens is 3. The molecule has 2 aromatic rings. The first kappa shape index (κ1) is 14.3. The molecule has 0 spiro atoms. The number of likely N-dealkylation sites (N-methyl/N-ethyl adjacent to an activating group) is 1. The molecule has 0 amide bonds. The predicted octanol–water partition coefficient (Wildman–Crippen LogP) is 0.698. The van der Waals surface area contributed by atoms with Gasteiger partial charge in [-0.15, -0.1) is 5.10 Å². The van der Waals surface area contributed by atoms with Crippen LogP contribution in [0.3, 0.4) is 0 Å². The normalized spacial score (nSPS) is 23.0. The lowest BCUT2D eigenvalue weighted by atomic mass is 9.91. The zero-order valence-electron chi connectivity index (χ0n) is 12.5. The van der Waals surface area contributed by atoms with Crippen LogP contribution < -0.4 is 11.4 Å². The van der Waals surface area contributed by atoms with Gasteiger partial charge in [-0.25, -0.2) is 9.48 Å². The fraction of sp³-hybridized carbons (Fsp3) is 0.600. The Morgan fingerprint density at radius 3 is 2.81 bits per heavy atom. The molecule has 0 saturated heterocycles. The highest BCUT2D eigenvalue weighted by Crippen LogP contribution is 2.20. The first-order valence-electron chi connectivity index (χ1n) is 7.65. The maximum absolute atomic E-state index is 12.2. The van der Waals surface area contributed by atoms with Gasteiger partial charge >= 0.3 is 5.69 Å². The minimum absolute atomic E-state index is 0.0651. The summed E-state index contributed by atoms with van der Waals surface area (Å²) in [6.45, 7) is 1.46. The molecule has 6 heteroatoms. The lowest BCUT2D eigenvalue weighted by Crippen LogP contribution is -2.40. The van der Waals surface area contributed by atoms with Crippen LogP contribution in [0.2, 0.25) is 0 Å². The Bertz CT molecular complexity index is 653. The quantitative estimate of drug-likeness (QED) is 0.899. The maximum Gasteiger partial charge on any atom is 0.350 e. The van der Waals surface area contributed by atoms with Crippen LogP contribution in [0, 0.1) is 0 Å². The molecule has 1 aliphatic rings. The van der Waals surface area contributed by atoms with E-state index in [4.69, 9.17) is 5.73 Å². The van der Waals surface area contributed by atoms with Gasteiger partial charge in [0.1, 0.15) is 0 Å². The van der Waals surface area contributed by atoms with Crippen LogP contribution in [0.1, 0.15) is 25.7 Å². The summed E-state index contributed by atoms with van der Waals surface area (Å²) < 4.78 is 3.14. The summed E-state index contributed by atoms with van der Waals surface area (Å²) in [5.41, 5.74) is 6.59. The van der Waals surface area contributed by atoms with Crippen LogP contribution in [-0.2, 0) is 6.54 Å². The van der Waals surface area contributed by atoms with E-state index in [9.17, 15) is 4.79 Å². The molecule has 2 aromatic heterocycles. The fourth-order valence-electron chi connectivity index (χ4n) is 3.09. The average molecular weight is 289 g/mol. The van der Waals surface area contributed by atoms with Gasteiger partial charge in [0.2, 0.25) is 0 Å². The molecular formula is C15H23N5O.